The summed E-state index contributed by atoms with van der Waals surface area (Å²) in [6.07, 6.45) is -3.99. The maximum Gasteiger partial charge on any atom is 0.509 e. The Hall–Kier alpha value is -4.67. The summed E-state index contributed by atoms with van der Waals surface area (Å²) in [5.41, 5.74) is 1.65. The second-order valence-corrected chi connectivity index (χ2v) is 10.7. The molecule has 0 bridgehead atoms. The van der Waals surface area contributed by atoms with Gasteiger partial charge in [-0.3, -0.25) is 4.79 Å². The molecule has 4 atom stereocenters. The number of ether oxygens (including phenoxy) is 5. The Kier molecular flexibility index (Phi) is 6.96. The van der Waals surface area contributed by atoms with E-state index in [1.54, 1.807) is 51.1 Å². The van der Waals surface area contributed by atoms with Gasteiger partial charge in [0, 0.05) is 23.6 Å². The topological polar surface area (TPSA) is 123 Å². The highest BCUT2D eigenvalue weighted by Crippen LogP contribution is 2.39. The maximum atomic E-state index is 12.9. The van der Waals surface area contributed by atoms with Gasteiger partial charge in [0.2, 0.25) is 12.4 Å². The largest absolute Gasteiger partial charge is 0.509 e. The highest BCUT2D eigenvalue weighted by atomic mass is 16.8. The van der Waals surface area contributed by atoms with Crippen LogP contribution < -0.4 is 15.7 Å². The second kappa shape index (κ2) is 10.6. The van der Waals surface area contributed by atoms with Crippen LogP contribution in [0.1, 0.15) is 29.8 Å². The van der Waals surface area contributed by atoms with Crippen LogP contribution in [0.2, 0.25) is 0 Å². The molecule has 6 rings (SSSR count). The summed E-state index contributed by atoms with van der Waals surface area (Å²) in [7, 11) is 1.51. The summed E-state index contributed by atoms with van der Waals surface area (Å²) in [5, 5.41) is 3.23. The summed E-state index contributed by atoms with van der Waals surface area (Å²) in [4.78, 5) is 37.8. The molecule has 0 aliphatic carbocycles. The Bertz CT molecular complexity index is 1710. The first kappa shape index (κ1) is 27.5. The van der Waals surface area contributed by atoms with Crippen LogP contribution >= 0.6 is 0 Å². The smallest absolute Gasteiger partial charge is 0.460 e. The van der Waals surface area contributed by atoms with Crippen molar-refractivity contribution in [1.29, 1.82) is 0 Å². The molecule has 10 heteroatoms. The monoisotopic (exact) mass is 571 g/mol. The fourth-order valence-corrected chi connectivity index (χ4v) is 5.45. The zero-order chi connectivity index (χ0) is 29.6. The number of benzene rings is 3. The zero-order valence-corrected chi connectivity index (χ0v) is 23.4. The maximum absolute atomic E-state index is 12.9. The Morgan fingerprint density at radius 2 is 1.60 bits per heavy atom. The Morgan fingerprint density at radius 3 is 2.31 bits per heavy atom. The van der Waals surface area contributed by atoms with Gasteiger partial charge in [-0.2, -0.15) is 0 Å². The van der Waals surface area contributed by atoms with Crippen molar-refractivity contribution < 1.29 is 37.7 Å². The lowest BCUT2D eigenvalue weighted by atomic mass is 9.89. The highest BCUT2D eigenvalue weighted by molar-refractivity contribution is 6.05. The summed E-state index contributed by atoms with van der Waals surface area (Å²) >= 11 is 0. The molecule has 1 amide bonds. The van der Waals surface area contributed by atoms with Crippen molar-refractivity contribution in [2.75, 3.05) is 12.4 Å². The molecule has 2 aliphatic heterocycles. The van der Waals surface area contributed by atoms with Gasteiger partial charge >= 0.3 is 11.8 Å². The predicted molar refractivity (Wildman–Crippen MR) is 153 cm³/mol. The number of carbonyl (C=O) groups excluding carboxylic acids is 2. The normalized spacial score (nSPS) is 22.6. The third-order valence-electron chi connectivity index (χ3n) is 7.56. The molecule has 1 aromatic heterocycles. The summed E-state index contributed by atoms with van der Waals surface area (Å²) in [5.74, 6) is -0.0773. The van der Waals surface area contributed by atoms with Gasteiger partial charge in [-0.05, 0) is 62.2 Å². The third kappa shape index (κ3) is 4.99. The van der Waals surface area contributed by atoms with E-state index in [2.05, 4.69) is 5.32 Å². The van der Waals surface area contributed by atoms with E-state index in [9.17, 15) is 14.4 Å². The van der Waals surface area contributed by atoms with Crippen molar-refractivity contribution in [1.82, 2.24) is 0 Å². The molecule has 3 aromatic carbocycles. The molecule has 0 radical (unpaired) electrons. The number of aryl methyl sites for hydroxylation is 1. The highest BCUT2D eigenvalue weighted by Gasteiger charge is 2.59. The van der Waals surface area contributed by atoms with E-state index in [0.29, 0.717) is 22.3 Å². The zero-order valence-electron chi connectivity index (χ0n) is 23.4. The van der Waals surface area contributed by atoms with Gasteiger partial charge in [-0.25, -0.2) is 9.59 Å². The van der Waals surface area contributed by atoms with Crippen molar-refractivity contribution in [3.63, 3.8) is 0 Å². The summed E-state index contributed by atoms with van der Waals surface area (Å²) in [6, 6.07) is 21.9. The fourth-order valence-electron chi connectivity index (χ4n) is 5.45. The number of anilines is 1. The van der Waals surface area contributed by atoms with Gasteiger partial charge in [-0.1, -0.05) is 42.5 Å². The van der Waals surface area contributed by atoms with Crippen LogP contribution in [0.15, 0.2) is 82.0 Å². The number of methoxy groups -OCH3 is 1. The minimum absolute atomic E-state index is 0.00790. The van der Waals surface area contributed by atoms with Gasteiger partial charge in [0.05, 0.1) is 5.60 Å². The Labute approximate surface area is 241 Å². The van der Waals surface area contributed by atoms with Crippen LogP contribution in [0.3, 0.4) is 0 Å². The van der Waals surface area contributed by atoms with Gasteiger partial charge in [-0.15, -0.1) is 0 Å². The van der Waals surface area contributed by atoms with Crippen molar-refractivity contribution in [3.8, 4) is 16.9 Å². The van der Waals surface area contributed by atoms with E-state index in [-0.39, 0.29) is 11.3 Å². The minimum Gasteiger partial charge on any atom is -0.460 e. The molecule has 0 saturated carbocycles. The average Bonchev–Trinajstić information content (AvgIpc) is 3.36. The predicted octanol–water partition coefficient (Wildman–Crippen LogP) is 5.45. The number of hydrogen-bond acceptors (Lipinski definition) is 9. The van der Waals surface area contributed by atoms with Crippen molar-refractivity contribution in [3.05, 3.63) is 94.3 Å². The van der Waals surface area contributed by atoms with Crippen molar-refractivity contribution in [2.24, 2.45) is 0 Å². The number of amides is 1. The fraction of sp³-hybridized carbons (Fsp3) is 0.281. The molecule has 1 N–H and O–H groups in total. The number of carbonyl (C=O) groups is 2. The molecule has 2 fully saturated rings. The van der Waals surface area contributed by atoms with Crippen LogP contribution in [0.5, 0.6) is 5.75 Å². The minimum atomic E-state index is -1.00. The molecular formula is C32H29NO9. The molecule has 2 aliphatic rings. The first-order valence-electron chi connectivity index (χ1n) is 13.4. The van der Waals surface area contributed by atoms with Gasteiger partial charge < -0.3 is 33.4 Å². The lowest BCUT2D eigenvalue weighted by molar-refractivity contribution is -0.282. The number of nitrogens with one attached hydrogen (secondary N) is 1. The number of fused-ring (bicyclic) bond motifs is 2. The molecule has 42 heavy (non-hydrogen) atoms. The molecule has 2 saturated heterocycles. The SMILES string of the molecule is CO[C@@H]1[C@@H]2OC(=O)O[C@@H]2[C@H](Oc2ccc3cc(NC(=O)c4ccc(-c5ccccc5)cc4)c(=O)oc3c2C)OC1(C)C. The van der Waals surface area contributed by atoms with Gasteiger partial charge in [0.15, 0.2) is 6.10 Å². The van der Waals surface area contributed by atoms with Crippen molar-refractivity contribution >= 4 is 28.7 Å². The van der Waals surface area contributed by atoms with Crippen LogP contribution in [-0.4, -0.2) is 49.4 Å². The first-order valence-corrected chi connectivity index (χ1v) is 13.4. The summed E-state index contributed by atoms with van der Waals surface area (Å²) < 4.78 is 34.1. The van der Waals surface area contributed by atoms with E-state index in [0.717, 1.165) is 11.1 Å². The standard InChI is InChI=1S/C32H29NO9/c1-17-23(38-30-26-25(40-31(36)41-26)27(37-4)32(2,3)42-30)15-14-21-16-22(29(35)39-24(17)21)33-28(34)20-12-10-19(11-13-20)18-8-6-5-7-9-18/h5-16,25-27,30H,1-4H3,(H,33,34)/t25-,26+,27-,30-/m1/s1. The molecule has 4 aromatic rings. The molecule has 0 unspecified atom stereocenters. The molecule has 3 heterocycles. The molecule has 216 valence electrons. The van der Waals surface area contributed by atoms with E-state index < -0.39 is 47.9 Å². The quantitative estimate of drug-likeness (QED) is 0.238. The molecular weight excluding hydrogens is 542 g/mol. The lowest BCUT2D eigenvalue weighted by Gasteiger charge is -2.45. The second-order valence-electron chi connectivity index (χ2n) is 10.7. The average molecular weight is 572 g/mol. The van der Waals surface area contributed by atoms with Crippen LogP contribution in [0.25, 0.3) is 22.1 Å². The van der Waals surface area contributed by atoms with E-state index in [1.165, 1.54) is 7.11 Å². The van der Waals surface area contributed by atoms with Crippen molar-refractivity contribution in [2.45, 2.75) is 51.0 Å². The van der Waals surface area contributed by atoms with E-state index in [4.69, 9.17) is 28.1 Å². The lowest BCUT2D eigenvalue weighted by Crippen LogP contribution is -2.62. The van der Waals surface area contributed by atoms with E-state index in [1.807, 2.05) is 42.5 Å². The van der Waals surface area contributed by atoms with Crippen LogP contribution in [0, 0.1) is 6.92 Å². The molecule has 0 spiro atoms. The Balaban J connectivity index is 1.22. The van der Waals surface area contributed by atoms with E-state index >= 15 is 0 Å². The number of rotatable bonds is 6. The van der Waals surface area contributed by atoms with Gasteiger partial charge in [0.25, 0.3) is 5.91 Å². The summed E-state index contributed by atoms with van der Waals surface area (Å²) in [6.45, 7) is 5.34. The van der Waals surface area contributed by atoms with Crippen LogP contribution in [0.4, 0.5) is 10.5 Å². The number of hydrogen-bond donors (Lipinski definition) is 1. The van der Waals surface area contributed by atoms with Gasteiger partial charge in [0.1, 0.15) is 23.1 Å². The molecule has 10 nitrogen and oxygen atoms in total. The first-order chi connectivity index (χ1) is 20.1. The van der Waals surface area contributed by atoms with Crippen LogP contribution in [-0.2, 0) is 18.9 Å². The third-order valence-corrected chi connectivity index (χ3v) is 7.56. The Morgan fingerprint density at radius 1 is 0.905 bits per heavy atom.